The van der Waals surface area contributed by atoms with E-state index in [0.29, 0.717) is 10.8 Å². The summed E-state index contributed by atoms with van der Waals surface area (Å²) >= 11 is 2.77. The number of amides is 2. The second kappa shape index (κ2) is 10.7. The number of anilines is 2. The first-order valence-electron chi connectivity index (χ1n) is 9.47. The molecule has 0 aliphatic rings. The average Bonchev–Trinajstić information content (AvgIpc) is 3.16. The van der Waals surface area contributed by atoms with Crippen LogP contribution in [0.15, 0.2) is 64.9 Å². The van der Waals surface area contributed by atoms with Gasteiger partial charge in [0.05, 0.1) is 12.1 Å². The fourth-order valence-corrected chi connectivity index (χ4v) is 4.40. The number of carboxylic acids is 1. The molecular weight excluding hydrogens is 434 g/mol. The van der Waals surface area contributed by atoms with Crippen molar-refractivity contribution in [3.05, 3.63) is 71.2 Å². The predicted molar refractivity (Wildman–Crippen MR) is 122 cm³/mol. The van der Waals surface area contributed by atoms with Gasteiger partial charge in [0, 0.05) is 22.4 Å². The molecule has 160 valence electrons. The second-order valence-electron chi connectivity index (χ2n) is 6.66. The van der Waals surface area contributed by atoms with Crippen molar-refractivity contribution in [3.8, 4) is 0 Å². The molecule has 9 heteroatoms. The van der Waals surface area contributed by atoms with Crippen LogP contribution < -0.4 is 10.6 Å². The van der Waals surface area contributed by atoms with Crippen LogP contribution in [-0.4, -0.2) is 27.9 Å². The molecular formula is C22H21N3O4S2. The number of nitrogens with zero attached hydrogens (tertiary/aromatic N) is 1. The predicted octanol–water partition coefficient (Wildman–Crippen LogP) is 4.73. The number of hydrogen-bond donors (Lipinski definition) is 3. The zero-order valence-corrected chi connectivity index (χ0v) is 18.3. The van der Waals surface area contributed by atoms with Gasteiger partial charge in [-0.2, -0.15) is 0 Å². The fraction of sp³-hybridized carbons (Fsp3) is 0.182. The van der Waals surface area contributed by atoms with E-state index in [1.807, 2.05) is 54.8 Å². The van der Waals surface area contributed by atoms with Crippen molar-refractivity contribution in [2.75, 3.05) is 10.6 Å². The van der Waals surface area contributed by atoms with Gasteiger partial charge in [-0.3, -0.25) is 14.4 Å². The first kappa shape index (κ1) is 22.5. The molecule has 0 aliphatic heterocycles. The number of aromatic nitrogens is 1. The lowest BCUT2D eigenvalue weighted by molar-refractivity contribution is -0.138. The van der Waals surface area contributed by atoms with Gasteiger partial charge in [0.25, 0.3) is 0 Å². The van der Waals surface area contributed by atoms with Crippen LogP contribution in [0.2, 0.25) is 0 Å². The zero-order valence-electron chi connectivity index (χ0n) is 16.7. The zero-order chi connectivity index (χ0) is 22.2. The number of aryl methyl sites for hydroxylation is 1. The summed E-state index contributed by atoms with van der Waals surface area (Å²) < 4.78 is 0. The summed E-state index contributed by atoms with van der Waals surface area (Å²) in [6, 6.07) is 16.6. The molecule has 1 aromatic heterocycles. The molecule has 0 bridgehead atoms. The van der Waals surface area contributed by atoms with Gasteiger partial charge in [0.2, 0.25) is 11.8 Å². The number of carboxylic acid groups (broad SMARTS) is 1. The number of carbonyl (C=O) groups excluding carboxylic acids is 2. The third kappa shape index (κ3) is 6.94. The average molecular weight is 456 g/mol. The van der Waals surface area contributed by atoms with E-state index in [2.05, 4.69) is 15.6 Å². The molecule has 3 aromatic rings. The Labute approximate surface area is 187 Å². The van der Waals surface area contributed by atoms with Crippen molar-refractivity contribution in [2.45, 2.75) is 29.9 Å². The molecule has 0 saturated carbocycles. The molecule has 2 aromatic carbocycles. The van der Waals surface area contributed by atoms with E-state index in [1.54, 1.807) is 12.1 Å². The Hall–Kier alpha value is -3.17. The maximum atomic E-state index is 13.0. The summed E-state index contributed by atoms with van der Waals surface area (Å²) in [5, 5.41) is 16.2. The van der Waals surface area contributed by atoms with Crippen molar-refractivity contribution < 1.29 is 19.5 Å². The standard InChI is InChI=1S/C22H21N3O4S2/c1-14-13-30-22(23-14)25-21(29)20(15-5-3-2-4-6-15)31-17-9-7-16(8-10-17)24-18(26)11-12-19(27)28/h2-10,13,20H,11-12H2,1H3,(H,24,26)(H,27,28)(H,23,25,29). The van der Waals surface area contributed by atoms with Crippen LogP contribution in [0.1, 0.15) is 29.3 Å². The van der Waals surface area contributed by atoms with Crippen LogP contribution in [0.4, 0.5) is 10.8 Å². The maximum absolute atomic E-state index is 13.0. The van der Waals surface area contributed by atoms with Gasteiger partial charge >= 0.3 is 5.97 Å². The van der Waals surface area contributed by atoms with Crippen molar-refractivity contribution in [1.82, 2.24) is 4.98 Å². The van der Waals surface area contributed by atoms with Crippen LogP contribution in [-0.2, 0) is 14.4 Å². The monoisotopic (exact) mass is 455 g/mol. The topological polar surface area (TPSA) is 108 Å². The van der Waals surface area contributed by atoms with Crippen LogP contribution in [0.25, 0.3) is 0 Å². The highest BCUT2D eigenvalue weighted by Crippen LogP contribution is 2.37. The highest BCUT2D eigenvalue weighted by atomic mass is 32.2. The van der Waals surface area contributed by atoms with Crippen LogP contribution >= 0.6 is 23.1 Å². The van der Waals surface area contributed by atoms with E-state index < -0.39 is 11.2 Å². The summed E-state index contributed by atoms with van der Waals surface area (Å²) in [4.78, 5) is 40.5. The first-order valence-corrected chi connectivity index (χ1v) is 11.2. The molecule has 2 amide bonds. The molecule has 7 nitrogen and oxygen atoms in total. The quantitative estimate of drug-likeness (QED) is 0.403. The van der Waals surface area contributed by atoms with Crippen LogP contribution in [0.3, 0.4) is 0 Å². The fourth-order valence-electron chi connectivity index (χ4n) is 2.68. The van der Waals surface area contributed by atoms with Crippen molar-refractivity contribution in [1.29, 1.82) is 0 Å². The van der Waals surface area contributed by atoms with Gasteiger partial charge in [0.15, 0.2) is 5.13 Å². The minimum absolute atomic E-state index is 0.0850. The van der Waals surface area contributed by atoms with E-state index >= 15 is 0 Å². The normalized spacial score (nSPS) is 11.5. The minimum Gasteiger partial charge on any atom is -0.481 e. The molecule has 31 heavy (non-hydrogen) atoms. The number of rotatable bonds is 9. The minimum atomic E-state index is -1.01. The van der Waals surface area contributed by atoms with Crippen molar-refractivity contribution in [2.24, 2.45) is 0 Å². The third-order valence-electron chi connectivity index (χ3n) is 4.15. The van der Waals surface area contributed by atoms with E-state index in [0.717, 1.165) is 16.2 Å². The summed E-state index contributed by atoms with van der Waals surface area (Å²) in [6.07, 6.45) is -0.301. The number of carbonyl (C=O) groups is 3. The summed E-state index contributed by atoms with van der Waals surface area (Å²) in [5.74, 6) is -1.54. The van der Waals surface area contributed by atoms with Crippen LogP contribution in [0, 0.1) is 6.92 Å². The molecule has 1 heterocycles. The number of benzene rings is 2. The molecule has 0 fully saturated rings. The SMILES string of the molecule is Cc1csc(NC(=O)C(Sc2ccc(NC(=O)CCC(=O)O)cc2)c2ccccc2)n1. The Morgan fingerprint density at radius 1 is 1.03 bits per heavy atom. The van der Waals surface area contributed by atoms with Gasteiger partial charge in [-0.05, 0) is 36.8 Å². The molecule has 1 atom stereocenters. The van der Waals surface area contributed by atoms with Gasteiger partial charge < -0.3 is 15.7 Å². The van der Waals surface area contributed by atoms with Crippen LogP contribution in [0.5, 0.6) is 0 Å². The molecule has 0 saturated heterocycles. The Morgan fingerprint density at radius 3 is 2.35 bits per heavy atom. The maximum Gasteiger partial charge on any atom is 0.303 e. The Kier molecular flexibility index (Phi) is 7.80. The van der Waals surface area contributed by atoms with Gasteiger partial charge in [-0.15, -0.1) is 23.1 Å². The molecule has 1 unspecified atom stereocenters. The number of thioether (sulfide) groups is 1. The van der Waals surface area contributed by atoms with Gasteiger partial charge in [-0.25, -0.2) is 4.98 Å². The highest BCUT2D eigenvalue weighted by molar-refractivity contribution is 8.00. The largest absolute Gasteiger partial charge is 0.481 e. The summed E-state index contributed by atoms with van der Waals surface area (Å²) in [5.41, 5.74) is 2.29. The molecule has 0 spiro atoms. The Bertz CT molecular complexity index is 1050. The van der Waals surface area contributed by atoms with Gasteiger partial charge in [0.1, 0.15) is 5.25 Å². The molecule has 0 aliphatic carbocycles. The van der Waals surface area contributed by atoms with E-state index in [-0.39, 0.29) is 24.7 Å². The summed E-state index contributed by atoms with van der Waals surface area (Å²) in [6.45, 7) is 1.87. The molecule has 3 N–H and O–H groups in total. The lowest BCUT2D eigenvalue weighted by atomic mass is 10.1. The lowest BCUT2D eigenvalue weighted by Crippen LogP contribution is -2.19. The smallest absolute Gasteiger partial charge is 0.303 e. The van der Waals surface area contributed by atoms with E-state index in [4.69, 9.17) is 5.11 Å². The number of nitrogens with one attached hydrogen (secondary N) is 2. The van der Waals surface area contributed by atoms with E-state index in [1.165, 1.54) is 23.1 Å². The van der Waals surface area contributed by atoms with E-state index in [9.17, 15) is 14.4 Å². The molecule has 0 radical (unpaired) electrons. The first-order chi connectivity index (χ1) is 14.9. The number of thiazole rings is 1. The highest BCUT2D eigenvalue weighted by Gasteiger charge is 2.23. The Balaban J connectivity index is 1.70. The molecule has 3 rings (SSSR count). The van der Waals surface area contributed by atoms with Crippen molar-refractivity contribution in [3.63, 3.8) is 0 Å². The Morgan fingerprint density at radius 2 is 1.74 bits per heavy atom. The summed E-state index contributed by atoms with van der Waals surface area (Å²) in [7, 11) is 0. The second-order valence-corrected chi connectivity index (χ2v) is 8.69. The number of hydrogen-bond acceptors (Lipinski definition) is 6. The third-order valence-corrected chi connectivity index (χ3v) is 6.29. The number of aliphatic carboxylic acids is 1. The lowest BCUT2D eigenvalue weighted by Gasteiger charge is -2.16. The van der Waals surface area contributed by atoms with Gasteiger partial charge in [-0.1, -0.05) is 30.3 Å². The van der Waals surface area contributed by atoms with Crippen molar-refractivity contribution >= 4 is 51.7 Å².